The van der Waals surface area contributed by atoms with E-state index in [1.165, 1.54) is 45.3 Å². The molecule has 0 saturated heterocycles. The fraction of sp³-hybridized carbons (Fsp3) is 0.286. The van der Waals surface area contributed by atoms with E-state index >= 15 is 0 Å². The summed E-state index contributed by atoms with van der Waals surface area (Å²) in [6, 6.07) is 10.9. The van der Waals surface area contributed by atoms with Crippen molar-refractivity contribution in [3.8, 4) is 5.75 Å². The summed E-state index contributed by atoms with van der Waals surface area (Å²) >= 11 is 5.97. The van der Waals surface area contributed by atoms with Crippen LogP contribution < -0.4 is 14.8 Å². The third kappa shape index (κ3) is 7.74. The van der Waals surface area contributed by atoms with Crippen LogP contribution in [0.1, 0.15) is 6.92 Å². The minimum absolute atomic E-state index is 0.0664. The molecule has 12 heteroatoms. The predicted octanol–water partition coefficient (Wildman–Crippen LogP) is 1.66. The first-order valence-electron chi connectivity index (χ1n) is 9.65. The van der Waals surface area contributed by atoms with Gasteiger partial charge in [0.1, 0.15) is 11.8 Å². The van der Waals surface area contributed by atoms with Gasteiger partial charge in [0.25, 0.3) is 5.91 Å². The number of rotatable bonds is 10. The number of para-hydroxylation sites is 1. The van der Waals surface area contributed by atoms with Crippen LogP contribution in [0.5, 0.6) is 5.75 Å². The number of halogens is 1. The maximum atomic E-state index is 12.4. The predicted molar refractivity (Wildman–Crippen MR) is 121 cm³/mol. The number of hydrogen-bond acceptors (Lipinski definition) is 7. The maximum absolute atomic E-state index is 12.4. The Morgan fingerprint density at radius 1 is 1.09 bits per heavy atom. The average Bonchev–Trinajstić information content (AvgIpc) is 2.78. The number of likely N-dealkylation sites (N-methyl/N-ethyl adjacent to an activating group) is 1. The molecule has 2 rings (SSSR count). The summed E-state index contributed by atoms with van der Waals surface area (Å²) in [4.78, 5) is 37.4. The molecule has 0 aromatic heterocycles. The fourth-order valence-corrected chi connectivity index (χ4v) is 3.90. The highest BCUT2D eigenvalue weighted by atomic mass is 35.5. The number of amides is 2. The Bertz CT molecular complexity index is 1110. The molecule has 0 bridgehead atoms. The number of esters is 1. The zero-order valence-corrected chi connectivity index (χ0v) is 19.8. The van der Waals surface area contributed by atoms with Gasteiger partial charge in [-0.1, -0.05) is 23.7 Å². The highest BCUT2D eigenvalue weighted by Gasteiger charge is 2.24. The molecule has 2 aromatic carbocycles. The molecule has 33 heavy (non-hydrogen) atoms. The van der Waals surface area contributed by atoms with E-state index in [-0.39, 0.29) is 11.4 Å². The number of ether oxygens (including phenoxy) is 2. The molecule has 2 aromatic rings. The van der Waals surface area contributed by atoms with Crippen molar-refractivity contribution >= 4 is 45.1 Å². The van der Waals surface area contributed by atoms with Crippen LogP contribution in [0.4, 0.5) is 5.69 Å². The van der Waals surface area contributed by atoms with Gasteiger partial charge in [-0.25, -0.2) is 8.42 Å². The smallest absolute Gasteiger partial charge is 0.324 e. The Kier molecular flexibility index (Phi) is 9.21. The molecule has 0 aliphatic heterocycles. The van der Waals surface area contributed by atoms with E-state index in [4.69, 9.17) is 21.1 Å². The molecule has 0 spiro atoms. The SMILES string of the molecule is COc1ccc(S(=O)(=O)N[C@@H](C)C(=O)OCC(=O)N(C)CC(=O)Nc2ccccc2Cl)cc1. The molecular formula is C21H24ClN3O7S. The standard InChI is InChI=1S/C21H24ClN3O7S/c1-14(24-33(29,30)16-10-8-15(31-3)9-11-16)21(28)32-13-20(27)25(2)12-19(26)23-18-7-5-4-6-17(18)22/h4-11,14,24H,12-13H2,1-3H3,(H,23,26)/t14-/m0/s1. The molecule has 2 N–H and O–H groups in total. The van der Waals surface area contributed by atoms with Crippen molar-refractivity contribution in [3.05, 3.63) is 53.6 Å². The summed E-state index contributed by atoms with van der Waals surface area (Å²) in [5.74, 6) is -1.62. The van der Waals surface area contributed by atoms with Crippen molar-refractivity contribution in [2.24, 2.45) is 0 Å². The first-order valence-corrected chi connectivity index (χ1v) is 11.5. The summed E-state index contributed by atoms with van der Waals surface area (Å²) in [6.07, 6.45) is 0. The molecule has 0 unspecified atom stereocenters. The lowest BCUT2D eigenvalue weighted by atomic mass is 10.3. The third-order valence-corrected chi connectivity index (χ3v) is 6.23. The van der Waals surface area contributed by atoms with Crippen molar-refractivity contribution in [2.75, 3.05) is 32.6 Å². The van der Waals surface area contributed by atoms with E-state index in [9.17, 15) is 22.8 Å². The van der Waals surface area contributed by atoms with Gasteiger partial charge in [-0.2, -0.15) is 4.72 Å². The van der Waals surface area contributed by atoms with Gasteiger partial charge in [0.2, 0.25) is 15.9 Å². The average molecular weight is 498 g/mol. The highest BCUT2D eigenvalue weighted by Crippen LogP contribution is 2.20. The molecule has 1 atom stereocenters. The zero-order chi connectivity index (χ0) is 24.6. The Hall–Kier alpha value is -3.15. The number of carbonyl (C=O) groups is 3. The lowest BCUT2D eigenvalue weighted by Crippen LogP contribution is -2.42. The van der Waals surface area contributed by atoms with Crippen LogP contribution in [0.3, 0.4) is 0 Å². The fourth-order valence-electron chi connectivity index (χ4n) is 2.53. The molecule has 2 amide bonds. The minimum Gasteiger partial charge on any atom is -0.497 e. The Morgan fingerprint density at radius 2 is 1.73 bits per heavy atom. The summed E-state index contributed by atoms with van der Waals surface area (Å²) in [6.45, 7) is 0.319. The van der Waals surface area contributed by atoms with Crippen LogP contribution in [0.2, 0.25) is 5.02 Å². The van der Waals surface area contributed by atoms with Crippen molar-refractivity contribution in [1.82, 2.24) is 9.62 Å². The zero-order valence-electron chi connectivity index (χ0n) is 18.2. The second-order valence-electron chi connectivity index (χ2n) is 6.90. The van der Waals surface area contributed by atoms with Crippen molar-refractivity contribution in [2.45, 2.75) is 17.9 Å². The van der Waals surface area contributed by atoms with Crippen LogP contribution in [-0.2, 0) is 29.1 Å². The molecule has 10 nitrogen and oxygen atoms in total. The van der Waals surface area contributed by atoms with E-state index in [0.29, 0.717) is 16.5 Å². The summed E-state index contributed by atoms with van der Waals surface area (Å²) in [7, 11) is -1.19. The van der Waals surface area contributed by atoms with Gasteiger partial charge in [0.15, 0.2) is 6.61 Å². The van der Waals surface area contributed by atoms with E-state index in [1.54, 1.807) is 24.3 Å². The monoisotopic (exact) mass is 497 g/mol. The Morgan fingerprint density at radius 3 is 2.33 bits per heavy atom. The second-order valence-corrected chi connectivity index (χ2v) is 9.03. The summed E-state index contributed by atoms with van der Waals surface area (Å²) in [5, 5.41) is 2.92. The molecule has 0 aliphatic carbocycles. The van der Waals surface area contributed by atoms with Crippen molar-refractivity contribution in [1.29, 1.82) is 0 Å². The van der Waals surface area contributed by atoms with E-state index in [0.717, 1.165) is 4.90 Å². The number of sulfonamides is 1. The van der Waals surface area contributed by atoms with Crippen LogP contribution in [0.25, 0.3) is 0 Å². The lowest BCUT2D eigenvalue weighted by Gasteiger charge is -2.18. The second kappa shape index (κ2) is 11.6. The van der Waals surface area contributed by atoms with Crippen LogP contribution in [0, 0.1) is 0 Å². The number of hydrogen-bond donors (Lipinski definition) is 2. The molecule has 0 heterocycles. The molecule has 178 valence electrons. The van der Waals surface area contributed by atoms with Gasteiger partial charge < -0.3 is 19.7 Å². The number of carbonyl (C=O) groups excluding carboxylic acids is 3. The van der Waals surface area contributed by atoms with Gasteiger partial charge in [-0.3, -0.25) is 14.4 Å². The third-order valence-electron chi connectivity index (χ3n) is 4.35. The highest BCUT2D eigenvalue weighted by molar-refractivity contribution is 7.89. The maximum Gasteiger partial charge on any atom is 0.324 e. The normalized spacial score (nSPS) is 11.9. The molecule has 0 fully saturated rings. The first kappa shape index (κ1) is 26.1. The summed E-state index contributed by atoms with van der Waals surface area (Å²) in [5.41, 5.74) is 0.398. The van der Waals surface area contributed by atoms with E-state index in [2.05, 4.69) is 10.0 Å². The van der Waals surface area contributed by atoms with Gasteiger partial charge >= 0.3 is 5.97 Å². The largest absolute Gasteiger partial charge is 0.497 e. The van der Waals surface area contributed by atoms with Crippen molar-refractivity contribution < 1.29 is 32.3 Å². The van der Waals surface area contributed by atoms with Crippen LogP contribution in [0.15, 0.2) is 53.4 Å². The van der Waals surface area contributed by atoms with Crippen LogP contribution >= 0.6 is 11.6 Å². The number of nitrogens with one attached hydrogen (secondary N) is 2. The van der Waals surface area contributed by atoms with Crippen molar-refractivity contribution in [3.63, 3.8) is 0 Å². The lowest BCUT2D eigenvalue weighted by molar-refractivity contribution is -0.152. The van der Waals surface area contributed by atoms with Gasteiger partial charge in [-0.05, 0) is 43.3 Å². The number of anilines is 1. The number of methoxy groups -OCH3 is 1. The van der Waals surface area contributed by atoms with Gasteiger partial charge in [-0.15, -0.1) is 0 Å². The molecule has 0 radical (unpaired) electrons. The molecular weight excluding hydrogens is 474 g/mol. The molecule has 0 aliphatic rings. The van der Waals surface area contributed by atoms with E-state index < -0.39 is 40.5 Å². The topological polar surface area (TPSA) is 131 Å². The van der Waals surface area contributed by atoms with Crippen LogP contribution in [-0.4, -0.2) is 64.5 Å². The quantitative estimate of drug-likeness (QED) is 0.477. The minimum atomic E-state index is -4.00. The summed E-state index contributed by atoms with van der Waals surface area (Å²) < 4.78 is 36.9. The Balaban J connectivity index is 1.83. The number of benzene rings is 2. The first-order chi connectivity index (χ1) is 15.5. The number of nitrogens with zero attached hydrogens (tertiary/aromatic N) is 1. The van der Waals surface area contributed by atoms with Gasteiger partial charge in [0.05, 0.1) is 29.3 Å². The van der Waals surface area contributed by atoms with E-state index in [1.807, 2.05) is 0 Å². The van der Waals surface area contributed by atoms with Gasteiger partial charge in [0, 0.05) is 7.05 Å². The Labute approximate surface area is 196 Å². The molecule has 0 saturated carbocycles.